The molecule has 1 amide bonds. The number of nitrogens with one attached hydrogen (secondary N) is 1. The zero-order valence-electron chi connectivity index (χ0n) is 10.6. The van der Waals surface area contributed by atoms with E-state index in [-0.39, 0.29) is 23.2 Å². The summed E-state index contributed by atoms with van der Waals surface area (Å²) >= 11 is 5.66. The molecule has 2 rings (SSSR count). The van der Waals surface area contributed by atoms with Crippen LogP contribution in [0, 0.1) is 0 Å². The average molecular weight is 307 g/mol. The van der Waals surface area contributed by atoms with Gasteiger partial charge in [-0.05, 0) is 31.0 Å². The van der Waals surface area contributed by atoms with Crippen molar-refractivity contribution in [2.24, 2.45) is 0 Å². The fraction of sp³-hybridized carbons (Fsp3) is 0.462. The highest BCUT2D eigenvalue weighted by Crippen LogP contribution is 2.33. The topological polar surface area (TPSA) is 32.3 Å². The summed E-state index contributed by atoms with van der Waals surface area (Å²) in [6.07, 6.45) is -2.51. The third-order valence-electron chi connectivity index (χ3n) is 3.13. The first kappa shape index (κ1) is 15.0. The number of nitrogens with zero attached hydrogens (tertiary/aromatic N) is 1. The second-order valence-electron chi connectivity index (χ2n) is 4.67. The van der Waals surface area contributed by atoms with Crippen molar-refractivity contribution in [2.75, 3.05) is 25.0 Å². The minimum absolute atomic E-state index is 0.0176. The van der Waals surface area contributed by atoms with Gasteiger partial charge in [0.1, 0.15) is 0 Å². The van der Waals surface area contributed by atoms with Crippen molar-refractivity contribution in [3.8, 4) is 0 Å². The van der Waals surface area contributed by atoms with Gasteiger partial charge in [0.25, 0.3) is 0 Å². The first-order chi connectivity index (χ1) is 9.36. The van der Waals surface area contributed by atoms with Crippen LogP contribution >= 0.6 is 11.6 Å². The van der Waals surface area contributed by atoms with Crippen molar-refractivity contribution in [3.63, 3.8) is 0 Å². The van der Waals surface area contributed by atoms with Crippen LogP contribution in [0.2, 0.25) is 5.02 Å². The standard InChI is InChI=1S/C13H14ClF3N2O/c14-10-5-9(13(15,16)17)6-11(7-10)18-8-12(20)19-3-1-2-4-19/h5-7,18H,1-4,8H2. The van der Waals surface area contributed by atoms with Crippen LogP contribution in [0.5, 0.6) is 0 Å². The normalized spacial score (nSPS) is 15.5. The Morgan fingerprint density at radius 1 is 1.25 bits per heavy atom. The Labute approximate surface area is 119 Å². The third kappa shape index (κ3) is 3.79. The molecule has 0 unspecified atom stereocenters. The molecule has 0 saturated carbocycles. The molecule has 1 aromatic rings. The number of hydrogen-bond donors (Lipinski definition) is 1. The molecule has 0 bridgehead atoms. The Morgan fingerprint density at radius 2 is 1.90 bits per heavy atom. The van der Waals surface area contributed by atoms with E-state index in [4.69, 9.17) is 11.6 Å². The Hall–Kier alpha value is -1.43. The lowest BCUT2D eigenvalue weighted by molar-refractivity contribution is -0.137. The lowest BCUT2D eigenvalue weighted by Crippen LogP contribution is -2.33. The summed E-state index contributed by atoms with van der Waals surface area (Å²) in [5, 5.41) is 2.68. The van der Waals surface area contributed by atoms with Crippen LogP contribution < -0.4 is 5.32 Å². The van der Waals surface area contributed by atoms with Crippen LogP contribution in [0.1, 0.15) is 18.4 Å². The fourth-order valence-electron chi connectivity index (χ4n) is 2.11. The maximum absolute atomic E-state index is 12.6. The molecule has 1 heterocycles. The molecule has 0 radical (unpaired) electrons. The van der Waals surface area contributed by atoms with E-state index in [1.54, 1.807) is 4.90 Å². The highest BCUT2D eigenvalue weighted by Gasteiger charge is 2.31. The maximum Gasteiger partial charge on any atom is 0.416 e. The van der Waals surface area contributed by atoms with Crippen LogP contribution in [0.3, 0.4) is 0 Å². The summed E-state index contributed by atoms with van der Waals surface area (Å²) in [6, 6.07) is 3.17. The number of amides is 1. The van der Waals surface area contributed by atoms with Crippen molar-refractivity contribution < 1.29 is 18.0 Å². The number of anilines is 1. The summed E-state index contributed by atoms with van der Waals surface area (Å²) in [5.41, 5.74) is -0.640. The van der Waals surface area contributed by atoms with Gasteiger partial charge in [0.2, 0.25) is 5.91 Å². The molecule has 1 N–H and O–H groups in total. The van der Waals surface area contributed by atoms with Crippen molar-refractivity contribution >= 4 is 23.2 Å². The Morgan fingerprint density at radius 3 is 2.50 bits per heavy atom. The van der Waals surface area contributed by atoms with Gasteiger partial charge in [-0.3, -0.25) is 4.79 Å². The molecular formula is C13H14ClF3N2O. The predicted molar refractivity (Wildman–Crippen MR) is 70.8 cm³/mol. The minimum Gasteiger partial charge on any atom is -0.376 e. The zero-order chi connectivity index (χ0) is 14.8. The fourth-order valence-corrected chi connectivity index (χ4v) is 2.35. The van der Waals surface area contributed by atoms with Gasteiger partial charge in [0, 0.05) is 23.8 Å². The predicted octanol–water partition coefficient (Wildman–Crippen LogP) is 3.39. The molecule has 0 aromatic heterocycles. The number of carbonyl (C=O) groups excluding carboxylic acids is 1. The maximum atomic E-state index is 12.6. The highest BCUT2D eigenvalue weighted by molar-refractivity contribution is 6.30. The van der Waals surface area contributed by atoms with Crippen molar-refractivity contribution in [2.45, 2.75) is 19.0 Å². The Balaban J connectivity index is 2.02. The summed E-state index contributed by atoms with van der Waals surface area (Å²) in [4.78, 5) is 13.5. The molecule has 1 saturated heterocycles. The molecule has 0 spiro atoms. The van der Waals surface area contributed by atoms with E-state index in [9.17, 15) is 18.0 Å². The van der Waals surface area contributed by atoms with E-state index in [0.717, 1.165) is 25.0 Å². The van der Waals surface area contributed by atoms with Gasteiger partial charge < -0.3 is 10.2 Å². The van der Waals surface area contributed by atoms with Gasteiger partial charge >= 0.3 is 6.18 Å². The van der Waals surface area contributed by atoms with Gasteiger partial charge in [-0.2, -0.15) is 13.2 Å². The molecule has 1 aliphatic heterocycles. The number of rotatable bonds is 3. The van der Waals surface area contributed by atoms with Gasteiger partial charge in [0.05, 0.1) is 12.1 Å². The molecule has 0 aliphatic carbocycles. The van der Waals surface area contributed by atoms with Crippen LogP contribution in [-0.2, 0) is 11.0 Å². The van der Waals surface area contributed by atoms with Gasteiger partial charge in [-0.15, -0.1) is 0 Å². The molecule has 1 fully saturated rings. The van der Waals surface area contributed by atoms with E-state index in [2.05, 4.69) is 5.32 Å². The summed E-state index contributed by atoms with van der Waals surface area (Å²) in [5.74, 6) is -0.115. The van der Waals surface area contributed by atoms with E-state index < -0.39 is 11.7 Å². The lowest BCUT2D eigenvalue weighted by atomic mass is 10.2. The van der Waals surface area contributed by atoms with Crippen LogP contribution in [0.15, 0.2) is 18.2 Å². The van der Waals surface area contributed by atoms with Crippen LogP contribution in [0.25, 0.3) is 0 Å². The molecule has 7 heteroatoms. The first-order valence-corrected chi connectivity index (χ1v) is 6.63. The number of halogens is 4. The van der Waals surface area contributed by atoms with Crippen molar-refractivity contribution in [1.29, 1.82) is 0 Å². The van der Waals surface area contributed by atoms with Gasteiger partial charge in [-0.1, -0.05) is 11.6 Å². The van der Waals surface area contributed by atoms with E-state index in [1.807, 2.05) is 0 Å². The highest BCUT2D eigenvalue weighted by atomic mass is 35.5. The van der Waals surface area contributed by atoms with Crippen LogP contribution in [-0.4, -0.2) is 30.4 Å². The molecule has 110 valence electrons. The minimum atomic E-state index is -4.46. The van der Waals surface area contributed by atoms with Crippen molar-refractivity contribution in [3.05, 3.63) is 28.8 Å². The van der Waals surface area contributed by atoms with E-state index >= 15 is 0 Å². The van der Waals surface area contributed by atoms with E-state index in [1.165, 1.54) is 6.07 Å². The largest absolute Gasteiger partial charge is 0.416 e. The molecule has 3 nitrogen and oxygen atoms in total. The molecule has 20 heavy (non-hydrogen) atoms. The van der Waals surface area contributed by atoms with Gasteiger partial charge in [0.15, 0.2) is 0 Å². The number of benzene rings is 1. The number of carbonyl (C=O) groups is 1. The smallest absolute Gasteiger partial charge is 0.376 e. The quantitative estimate of drug-likeness (QED) is 0.928. The van der Waals surface area contributed by atoms with Crippen LogP contribution in [0.4, 0.5) is 18.9 Å². The lowest BCUT2D eigenvalue weighted by Gasteiger charge is -2.16. The summed E-state index contributed by atoms with van der Waals surface area (Å²) in [7, 11) is 0. The second kappa shape index (κ2) is 5.91. The monoisotopic (exact) mass is 306 g/mol. The number of hydrogen-bond acceptors (Lipinski definition) is 2. The van der Waals surface area contributed by atoms with Gasteiger partial charge in [-0.25, -0.2) is 0 Å². The first-order valence-electron chi connectivity index (χ1n) is 6.26. The third-order valence-corrected chi connectivity index (χ3v) is 3.35. The summed E-state index contributed by atoms with van der Waals surface area (Å²) in [6.45, 7) is 1.39. The number of likely N-dealkylation sites (tertiary alicyclic amines) is 1. The van der Waals surface area contributed by atoms with Crippen molar-refractivity contribution in [1.82, 2.24) is 4.90 Å². The average Bonchev–Trinajstić information content (AvgIpc) is 2.88. The number of alkyl halides is 3. The SMILES string of the molecule is O=C(CNc1cc(Cl)cc(C(F)(F)F)c1)N1CCCC1. The second-order valence-corrected chi connectivity index (χ2v) is 5.10. The molecule has 1 aliphatic rings. The Kier molecular flexibility index (Phi) is 4.42. The zero-order valence-corrected chi connectivity index (χ0v) is 11.4. The molecule has 0 atom stereocenters. The molecular weight excluding hydrogens is 293 g/mol. The Bertz CT molecular complexity index is 499. The van der Waals surface area contributed by atoms with E-state index in [0.29, 0.717) is 13.1 Å². The molecule has 1 aromatic carbocycles. The summed E-state index contributed by atoms with van der Waals surface area (Å²) < 4.78 is 37.9.